The molecular weight excluding hydrogens is 218 g/mol. The molecule has 3 nitrogen and oxygen atoms in total. The van der Waals surface area contributed by atoms with E-state index in [1.165, 1.54) is 43.6 Å². The summed E-state index contributed by atoms with van der Waals surface area (Å²) in [6.07, 6.45) is 7.37. The Balaban J connectivity index is 1.50. The Hall–Kier alpha value is -0.610. The number of rotatable bonds is 3. The third-order valence-corrected chi connectivity index (χ3v) is 4.39. The quantitative estimate of drug-likeness (QED) is 0.875. The Kier molecular flexibility index (Phi) is 2.86. The minimum Gasteiger partial charge on any atom is -0.359 e. The largest absolute Gasteiger partial charge is 0.359 e. The van der Waals surface area contributed by atoms with Gasteiger partial charge in [0.15, 0.2) is 5.13 Å². The fraction of sp³-hybridized carbons (Fsp3) is 0.750. The van der Waals surface area contributed by atoms with Crippen LogP contribution in [0, 0.1) is 6.92 Å². The van der Waals surface area contributed by atoms with Gasteiger partial charge in [0.2, 0.25) is 0 Å². The summed E-state index contributed by atoms with van der Waals surface area (Å²) < 4.78 is 0. The fourth-order valence-corrected chi connectivity index (χ4v) is 3.19. The molecule has 0 bridgehead atoms. The molecule has 1 aliphatic heterocycles. The maximum Gasteiger partial charge on any atom is 0.183 e. The van der Waals surface area contributed by atoms with Crippen molar-refractivity contribution in [2.24, 2.45) is 0 Å². The number of thiazole rings is 1. The van der Waals surface area contributed by atoms with E-state index in [4.69, 9.17) is 0 Å². The van der Waals surface area contributed by atoms with E-state index in [9.17, 15) is 0 Å². The molecule has 1 aromatic heterocycles. The second-order valence-corrected chi connectivity index (χ2v) is 6.20. The first-order chi connectivity index (χ1) is 7.81. The Labute approximate surface area is 101 Å². The zero-order valence-electron chi connectivity index (χ0n) is 9.78. The van der Waals surface area contributed by atoms with Crippen molar-refractivity contribution in [1.29, 1.82) is 0 Å². The van der Waals surface area contributed by atoms with Gasteiger partial charge in [0, 0.05) is 36.2 Å². The number of hydrogen-bond donors (Lipinski definition) is 1. The first kappa shape index (κ1) is 10.5. The van der Waals surface area contributed by atoms with Crippen LogP contribution in [0.5, 0.6) is 0 Å². The maximum absolute atomic E-state index is 4.37. The van der Waals surface area contributed by atoms with E-state index in [0.29, 0.717) is 6.04 Å². The predicted molar refractivity (Wildman–Crippen MR) is 68.1 cm³/mol. The molecule has 0 unspecified atom stereocenters. The van der Waals surface area contributed by atoms with Crippen LogP contribution in [-0.2, 0) is 0 Å². The third-order valence-electron chi connectivity index (χ3n) is 3.54. The molecule has 2 aliphatic rings. The third kappa shape index (κ3) is 2.38. The molecule has 3 rings (SSSR count). The SMILES string of the molecule is Cc1cnc(NC2CCN(C3CC3)CC2)s1. The van der Waals surface area contributed by atoms with E-state index in [1.807, 2.05) is 6.20 Å². The van der Waals surface area contributed by atoms with Crippen LogP contribution in [0.25, 0.3) is 0 Å². The van der Waals surface area contributed by atoms with Gasteiger partial charge in [0.1, 0.15) is 0 Å². The molecule has 1 saturated carbocycles. The molecule has 2 heterocycles. The van der Waals surface area contributed by atoms with Crippen molar-refractivity contribution in [1.82, 2.24) is 9.88 Å². The second kappa shape index (κ2) is 4.34. The molecular formula is C12H19N3S. The molecule has 88 valence electrons. The van der Waals surface area contributed by atoms with Crippen molar-refractivity contribution in [3.8, 4) is 0 Å². The standard InChI is InChI=1S/C12H19N3S/c1-9-8-13-12(16-9)14-10-4-6-15(7-5-10)11-2-3-11/h8,10-11H,2-7H2,1H3,(H,13,14). The van der Waals surface area contributed by atoms with Crippen molar-refractivity contribution in [3.05, 3.63) is 11.1 Å². The highest BCUT2D eigenvalue weighted by atomic mass is 32.1. The number of likely N-dealkylation sites (tertiary alicyclic amines) is 1. The lowest BCUT2D eigenvalue weighted by Gasteiger charge is -2.32. The van der Waals surface area contributed by atoms with Crippen LogP contribution < -0.4 is 5.32 Å². The fourth-order valence-electron chi connectivity index (χ4n) is 2.44. The number of hydrogen-bond acceptors (Lipinski definition) is 4. The average molecular weight is 237 g/mol. The van der Waals surface area contributed by atoms with Crippen LogP contribution in [0.15, 0.2) is 6.20 Å². The highest BCUT2D eigenvalue weighted by molar-refractivity contribution is 7.15. The lowest BCUT2D eigenvalue weighted by Crippen LogP contribution is -2.40. The number of aromatic nitrogens is 1. The number of aryl methyl sites for hydroxylation is 1. The van der Waals surface area contributed by atoms with Crippen molar-refractivity contribution < 1.29 is 0 Å². The van der Waals surface area contributed by atoms with Gasteiger partial charge in [-0.2, -0.15) is 0 Å². The molecule has 0 radical (unpaired) electrons. The summed E-state index contributed by atoms with van der Waals surface area (Å²) in [6.45, 7) is 4.65. The number of anilines is 1. The van der Waals surface area contributed by atoms with Crippen molar-refractivity contribution in [2.45, 2.75) is 44.7 Å². The Morgan fingerprint density at radius 2 is 2.06 bits per heavy atom. The van der Waals surface area contributed by atoms with Gasteiger partial charge in [-0.25, -0.2) is 4.98 Å². The van der Waals surface area contributed by atoms with Gasteiger partial charge in [0.05, 0.1) is 0 Å². The van der Waals surface area contributed by atoms with Gasteiger partial charge >= 0.3 is 0 Å². The Morgan fingerprint density at radius 1 is 1.31 bits per heavy atom. The molecule has 1 aromatic rings. The molecule has 0 amide bonds. The van der Waals surface area contributed by atoms with Crippen molar-refractivity contribution in [2.75, 3.05) is 18.4 Å². The lowest BCUT2D eigenvalue weighted by molar-refractivity contribution is 0.210. The van der Waals surface area contributed by atoms with Crippen LogP contribution in [0.3, 0.4) is 0 Å². The highest BCUT2D eigenvalue weighted by Gasteiger charge is 2.31. The molecule has 2 fully saturated rings. The number of nitrogens with one attached hydrogen (secondary N) is 1. The van der Waals surface area contributed by atoms with Gasteiger partial charge in [-0.1, -0.05) is 0 Å². The van der Waals surface area contributed by atoms with Gasteiger partial charge < -0.3 is 10.2 Å². The monoisotopic (exact) mass is 237 g/mol. The smallest absolute Gasteiger partial charge is 0.183 e. The predicted octanol–water partition coefficient (Wildman–Crippen LogP) is 2.49. The van der Waals surface area contributed by atoms with E-state index in [1.54, 1.807) is 11.3 Å². The maximum atomic E-state index is 4.37. The zero-order chi connectivity index (χ0) is 11.0. The van der Waals surface area contributed by atoms with E-state index >= 15 is 0 Å². The summed E-state index contributed by atoms with van der Waals surface area (Å²) in [5.74, 6) is 0. The van der Waals surface area contributed by atoms with Gasteiger partial charge in [-0.3, -0.25) is 0 Å². The van der Waals surface area contributed by atoms with E-state index in [0.717, 1.165) is 11.2 Å². The normalized spacial score (nSPS) is 23.6. The molecule has 0 spiro atoms. The second-order valence-electron chi connectivity index (χ2n) is 4.96. The minimum atomic E-state index is 0.639. The number of nitrogens with zero attached hydrogens (tertiary/aromatic N) is 2. The molecule has 16 heavy (non-hydrogen) atoms. The van der Waals surface area contributed by atoms with E-state index in [2.05, 4.69) is 22.1 Å². The zero-order valence-corrected chi connectivity index (χ0v) is 10.6. The average Bonchev–Trinajstić information content (AvgIpc) is 3.05. The number of piperidine rings is 1. The van der Waals surface area contributed by atoms with E-state index in [-0.39, 0.29) is 0 Å². The minimum absolute atomic E-state index is 0.639. The molecule has 1 aliphatic carbocycles. The molecule has 0 aromatic carbocycles. The topological polar surface area (TPSA) is 28.2 Å². The van der Waals surface area contributed by atoms with Crippen LogP contribution in [0.1, 0.15) is 30.6 Å². The van der Waals surface area contributed by atoms with Crippen LogP contribution in [-0.4, -0.2) is 35.1 Å². The van der Waals surface area contributed by atoms with Gasteiger partial charge in [-0.15, -0.1) is 11.3 Å². The summed E-state index contributed by atoms with van der Waals surface area (Å²) in [4.78, 5) is 8.32. The Morgan fingerprint density at radius 3 is 2.62 bits per heavy atom. The summed E-state index contributed by atoms with van der Waals surface area (Å²) in [5.41, 5.74) is 0. The van der Waals surface area contributed by atoms with Crippen molar-refractivity contribution >= 4 is 16.5 Å². The van der Waals surface area contributed by atoms with Gasteiger partial charge in [0.25, 0.3) is 0 Å². The Bertz CT molecular complexity index is 351. The lowest BCUT2D eigenvalue weighted by atomic mass is 10.1. The van der Waals surface area contributed by atoms with Crippen LogP contribution in [0.4, 0.5) is 5.13 Å². The summed E-state index contributed by atoms with van der Waals surface area (Å²) in [5, 5.41) is 4.66. The first-order valence-corrected chi connectivity index (χ1v) is 7.06. The van der Waals surface area contributed by atoms with Crippen molar-refractivity contribution in [3.63, 3.8) is 0 Å². The van der Waals surface area contributed by atoms with Crippen LogP contribution >= 0.6 is 11.3 Å². The first-order valence-electron chi connectivity index (χ1n) is 6.24. The molecule has 1 N–H and O–H groups in total. The molecule has 0 atom stereocenters. The van der Waals surface area contributed by atoms with E-state index < -0.39 is 0 Å². The summed E-state index contributed by atoms with van der Waals surface area (Å²) >= 11 is 1.77. The molecule has 1 saturated heterocycles. The summed E-state index contributed by atoms with van der Waals surface area (Å²) in [7, 11) is 0. The molecule has 4 heteroatoms. The summed E-state index contributed by atoms with van der Waals surface area (Å²) in [6, 6.07) is 1.57. The van der Waals surface area contributed by atoms with Gasteiger partial charge in [-0.05, 0) is 32.6 Å². The van der Waals surface area contributed by atoms with Crippen LogP contribution in [0.2, 0.25) is 0 Å². The highest BCUT2D eigenvalue weighted by Crippen LogP contribution is 2.30.